The minimum absolute atomic E-state index is 0.0565. The summed E-state index contributed by atoms with van der Waals surface area (Å²) < 4.78 is 28.0. The lowest BCUT2D eigenvalue weighted by molar-refractivity contribution is 0.477. The molecule has 0 unspecified atom stereocenters. The van der Waals surface area contributed by atoms with E-state index >= 15 is 0 Å². The highest BCUT2D eigenvalue weighted by molar-refractivity contribution is 7.92. The van der Waals surface area contributed by atoms with Gasteiger partial charge >= 0.3 is 0 Å². The lowest BCUT2D eigenvalue weighted by atomic mass is 10.0. The van der Waals surface area contributed by atoms with Crippen molar-refractivity contribution in [3.63, 3.8) is 0 Å². The summed E-state index contributed by atoms with van der Waals surface area (Å²) in [6, 6.07) is 12.0. The van der Waals surface area contributed by atoms with E-state index in [1.807, 2.05) is 6.07 Å². The highest BCUT2D eigenvalue weighted by Gasteiger charge is 2.18. The molecule has 0 aliphatic rings. The van der Waals surface area contributed by atoms with Gasteiger partial charge in [0.15, 0.2) is 0 Å². The Kier molecular flexibility index (Phi) is 10.2. The first kappa shape index (κ1) is 24.3. The minimum Gasteiger partial charge on any atom is -0.506 e. The van der Waals surface area contributed by atoms with Gasteiger partial charge < -0.3 is 5.11 Å². The first-order valence-electron chi connectivity index (χ1n) is 11.3. The maximum Gasteiger partial charge on any atom is 0.262 e. The van der Waals surface area contributed by atoms with E-state index in [4.69, 9.17) is 0 Å². The number of aryl methyl sites for hydroxylation is 2. The average Bonchev–Trinajstić information content (AvgIpc) is 2.71. The molecule has 0 saturated heterocycles. The molecule has 0 aliphatic carbocycles. The van der Waals surface area contributed by atoms with Crippen LogP contribution in [0.1, 0.15) is 82.3 Å². The highest BCUT2D eigenvalue weighted by Crippen LogP contribution is 2.28. The van der Waals surface area contributed by atoms with Crippen molar-refractivity contribution >= 4 is 15.7 Å². The Bertz CT molecular complexity index is 878. The Morgan fingerprint density at radius 2 is 1.43 bits per heavy atom. The number of aromatic hydroxyl groups is 1. The topological polar surface area (TPSA) is 66.4 Å². The average molecular weight is 432 g/mol. The van der Waals surface area contributed by atoms with Gasteiger partial charge in [-0.3, -0.25) is 4.72 Å². The molecule has 2 N–H and O–H groups in total. The van der Waals surface area contributed by atoms with E-state index in [-0.39, 0.29) is 16.3 Å². The lowest BCUT2D eigenvalue weighted by Gasteiger charge is -2.13. The zero-order valence-electron chi connectivity index (χ0n) is 18.5. The molecule has 4 nitrogen and oxygen atoms in total. The molecule has 30 heavy (non-hydrogen) atoms. The van der Waals surface area contributed by atoms with Crippen molar-refractivity contribution in [3.05, 3.63) is 53.6 Å². The van der Waals surface area contributed by atoms with E-state index in [0.29, 0.717) is 5.56 Å². The van der Waals surface area contributed by atoms with E-state index in [2.05, 4.69) is 11.6 Å². The van der Waals surface area contributed by atoms with Crippen molar-refractivity contribution in [2.45, 2.75) is 89.4 Å². The summed E-state index contributed by atoms with van der Waals surface area (Å²) in [5, 5.41) is 10.1. The van der Waals surface area contributed by atoms with Gasteiger partial charge in [-0.1, -0.05) is 89.0 Å². The standard InChI is InChI=1S/C25H37NO3S/c1-3-4-5-6-7-8-9-10-11-12-16-22-18-19-24(27)23(20-22)26-30(28,29)25-17-14-13-15-21(25)2/h13-15,17-20,26-27H,3-12,16H2,1-2H3. The number of phenolic OH excluding ortho intramolecular Hbond substituents is 1. The molecular formula is C25H37NO3S. The predicted octanol–water partition coefficient (Wildman–Crippen LogP) is 6.96. The van der Waals surface area contributed by atoms with Crippen LogP contribution in [0.3, 0.4) is 0 Å². The fraction of sp³-hybridized carbons (Fsp3) is 0.520. The summed E-state index contributed by atoms with van der Waals surface area (Å²) in [4.78, 5) is 0.226. The predicted molar refractivity (Wildman–Crippen MR) is 126 cm³/mol. The van der Waals surface area contributed by atoms with E-state index < -0.39 is 10.0 Å². The Morgan fingerprint density at radius 1 is 0.833 bits per heavy atom. The van der Waals surface area contributed by atoms with Gasteiger partial charge in [-0.15, -0.1) is 0 Å². The van der Waals surface area contributed by atoms with Crippen LogP contribution < -0.4 is 4.72 Å². The van der Waals surface area contributed by atoms with Gasteiger partial charge in [-0.05, 0) is 49.1 Å². The number of rotatable bonds is 14. The summed E-state index contributed by atoms with van der Waals surface area (Å²) in [5.74, 6) is -0.0565. The quantitative estimate of drug-likeness (QED) is 0.251. The van der Waals surface area contributed by atoms with Crippen molar-refractivity contribution in [3.8, 4) is 5.75 Å². The third-order valence-corrected chi connectivity index (χ3v) is 7.03. The normalized spacial score (nSPS) is 11.5. The SMILES string of the molecule is CCCCCCCCCCCCc1ccc(O)c(NS(=O)(=O)c2ccccc2C)c1. The molecule has 0 fully saturated rings. The third-order valence-electron chi connectivity index (χ3n) is 5.51. The second-order valence-corrected chi connectivity index (χ2v) is 9.81. The lowest BCUT2D eigenvalue weighted by Crippen LogP contribution is -2.14. The van der Waals surface area contributed by atoms with Crippen LogP contribution in [-0.4, -0.2) is 13.5 Å². The Hall–Kier alpha value is -2.01. The molecule has 0 heterocycles. The van der Waals surface area contributed by atoms with E-state index in [0.717, 1.165) is 18.4 Å². The molecule has 166 valence electrons. The zero-order valence-corrected chi connectivity index (χ0v) is 19.3. The van der Waals surface area contributed by atoms with Crippen molar-refractivity contribution < 1.29 is 13.5 Å². The molecular weight excluding hydrogens is 394 g/mol. The molecule has 2 rings (SSSR count). The summed E-state index contributed by atoms with van der Waals surface area (Å²) in [7, 11) is -3.74. The summed E-state index contributed by atoms with van der Waals surface area (Å²) in [6.07, 6.45) is 13.7. The van der Waals surface area contributed by atoms with E-state index in [9.17, 15) is 13.5 Å². The molecule has 0 aromatic heterocycles. The fourth-order valence-corrected chi connectivity index (χ4v) is 5.01. The van der Waals surface area contributed by atoms with Crippen molar-refractivity contribution in [1.29, 1.82) is 0 Å². The van der Waals surface area contributed by atoms with Crippen LogP contribution in [0.4, 0.5) is 5.69 Å². The van der Waals surface area contributed by atoms with Gasteiger partial charge in [0.2, 0.25) is 0 Å². The zero-order chi connectivity index (χ0) is 21.8. The fourth-order valence-electron chi connectivity index (χ4n) is 3.69. The monoisotopic (exact) mass is 431 g/mol. The van der Waals surface area contributed by atoms with Gasteiger partial charge in [-0.2, -0.15) is 0 Å². The van der Waals surface area contributed by atoms with Crippen LogP contribution in [0.25, 0.3) is 0 Å². The van der Waals surface area contributed by atoms with Crippen LogP contribution in [0.2, 0.25) is 0 Å². The molecule has 2 aromatic rings. The second-order valence-electron chi connectivity index (χ2n) is 8.15. The third kappa shape index (κ3) is 8.02. The van der Waals surface area contributed by atoms with Crippen LogP contribution >= 0.6 is 0 Å². The molecule has 0 spiro atoms. The molecule has 0 aliphatic heterocycles. The molecule has 0 amide bonds. The first-order valence-corrected chi connectivity index (χ1v) is 12.8. The van der Waals surface area contributed by atoms with Crippen LogP contribution in [-0.2, 0) is 16.4 Å². The van der Waals surface area contributed by atoms with Gasteiger partial charge in [0, 0.05) is 0 Å². The number of unbranched alkanes of at least 4 members (excludes halogenated alkanes) is 9. The number of anilines is 1. The van der Waals surface area contributed by atoms with Crippen molar-refractivity contribution in [1.82, 2.24) is 0 Å². The summed E-state index contributed by atoms with van der Waals surface area (Å²) in [6.45, 7) is 4.01. The molecule has 0 saturated carbocycles. The van der Waals surface area contributed by atoms with Crippen molar-refractivity contribution in [2.75, 3.05) is 4.72 Å². The van der Waals surface area contributed by atoms with E-state index in [1.54, 1.807) is 43.3 Å². The van der Waals surface area contributed by atoms with Crippen LogP contribution in [0, 0.1) is 6.92 Å². The first-order chi connectivity index (χ1) is 14.4. The number of nitrogens with one attached hydrogen (secondary N) is 1. The smallest absolute Gasteiger partial charge is 0.262 e. The van der Waals surface area contributed by atoms with Gasteiger partial charge in [0.1, 0.15) is 5.75 Å². The van der Waals surface area contributed by atoms with Crippen LogP contribution in [0.5, 0.6) is 5.75 Å². The number of hydrogen-bond donors (Lipinski definition) is 2. The number of sulfonamides is 1. The largest absolute Gasteiger partial charge is 0.506 e. The Morgan fingerprint density at radius 3 is 2.07 bits per heavy atom. The van der Waals surface area contributed by atoms with Crippen LogP contribution in [0.15, 0.2) is 47.4 Å². The second kappa shape index (κ2) is 12.6. The van der Waals surface area contributed by atoms with Gasteiger partial charge in [-0.25, -0.2) is 8.42 Å². The molecule has 0 atom stereocenters. The number of benzene rings is 2. The summed E-state index contributed by atoms with van der Waals surface area (Å²) >= 11 is 0. The highest BCUT2D eigenvalue weighted by atomic mass is 32.2. The maximum absolute atomic E-state index is 12.7. The van der Waals surface area contributed by atoms with Gasteiger partial charge in [0.25, 0.3) is 10.0 Å². The Labute approximate surface area is 182 Å². The molecule has 0 radical (unpaired) electrons. The molecule has 5 heteroatoms. The van der Waals surface area contributed by atoms with E-state index in [1.165, 1.54) is 57.8 Å². The van der Waals surface area contributed by atoms with Crippen molar-refractivity contribution in [2.24, 2.45) is 0 Å². The number of phenols is 1. The molecule has 2 aromatic carbocycles. The summed E-state index contributed by atoms with van der Waals surface area (Å²) in [5.41, 5.74) is 1.95. The minimum atomic E-state index is -3.74. The maximum atomic E-state index is 12.7. The molecule has 0 bridgehead atoms. The van der Waals surface area contributed by atoms with Gasteiger partial charge in [0.05, 0.1) is 10.6 Å². The number of hydrogen-bond acceptors (Lipinski definition) is 3. The Balaban J connectivity index is 1.81.